The number of rotatable bonds is 4. The summed E-state index contributed by atoms with van der Waals surface area (Å²) in [4.78, 5) is 29.9. The summed E-state index contributed by atoms with van der Waals surface area (Å²) in [6, 6.07) is 7.23. The van der Waals surface area contributed by atoms with Gasteiger partial charge in [0.1, 0.15) is 5.56 Å². The summed E-state index contributed by atoms with van der Waals surface area (Å²) < 4.78 is 59.3. The first-order valence-electron chi connectivity index (χ1n) is 9.89. The second kappa shape index (κ2) is 8.83. The van der Waals surface area contributed by atoms with E-state index in [0.29, 0.717) is 0 Å². The minimum atomic E-state index is -4.54. The van der Waals surface area contributed by atoms with Gasteiger partial charge in [-0.05, 0) is 30.3 Å². The van der Waals surface area contributed by atoms with E-state index in [9.17, 15) is 37.0 Å². The second-order valence-electron chi connectivity index (χ2n) is 7.73. The normalized spacial score (nSPS) is 20.6. The third-order valence-electron chi connectivity index (χ3n) is 5.22. The number of aliphatic hydroxyl groups excluding tert-OH is 1. The third-order valence-corrected chi connectivity index (χ3v) is 6.99. The van der Waals surface area contributed by atoms with E-state index in [2.05, 4.69) is 15.4 Å². The van der Waals surface area contributed by atoms with Gasteiger partial charge in [-0.3, -0.25) is 23.7 Å². The van der Waals surface area contributed by atoms with Crippen LogP contribution in [0.3, 0.4) is 0 Å². The molecule has 13 heteroatoms. The van der Waals surface area contributed by atoms with Gasteiger partial charge >= 0.3 is 6.18 Å². The van der Waals surface area contributed by atoms with Crippen LogP contribution in [0.1, 0.15) is 15.9 Å². The van der Waals surface area contributed by atoms with Gasteiger partial charge in [-0.1, -0.05) is 12.1 Å². The Morgan fingerprint density at radius 3 is 2.41 bits per heavy atom. The fraction of sp³-hybridized carbons (Fsp3) is 0.238. The van der Waals surface area contributed by atoms with Crippen molar-refractivity contribution in [2.45, 2.75) is 18.3 Å². The lowest BCUT2D eigenvalue weighted by Gasteiger charge is -2.25. The standard InChI is InChI=1S/C21H19F3N4O5S/c22-21(23,24)13-5-3-12(4-6-13)16-8-15(19(30)26-17-10-34(32,33)11-18(17)29)20(31)28(27-16)14-2-1-7-25-9-14/h1-9,17-18,29,32-33H,10-11H2,(H,26,30)/t17-,18+/m1/s1. The highest BCUT2D eigenvalue weighted by atomic mass is 32.3. The molecule has 1 aliphatic rings. The average Bonchev–Trinajstić information content (AvgIpc) is 3.04. The Bertz CT molecular complexity index is 1270. The van der Waals surface area contributed by atoms with E-state index in [1.54, 1.807) is 0 Å². The van der Waals surface area contributed by atoms with Crippen LogP contribution in [0.5, 0.6) is 0 Å². The lowest BCUT2D eigenvalue weighted by Crippen LogP contribution is -2.44. The molecule has 3 aromatic rings. The number of amides is 1. The molecule has 0 saturated carbocycles. The van der Waals surface area contributed by atoms with Crippen LogP contribution < -0.4 is 10.9 Å². The van der Waals surface area contributed by atoms with Crippen molar-refractivity contribution < 1.29 is 32.2 Å². The fourth-order valence-electron chi connectivity index (χ4n) is 3.52. The van der Waals surface area contributed by atoms with Gasteiger partial charge < -0.3 is 10.4 Å². The Morgan fingerprint density at radius 2 is 1.85 bits per heavy atom. The van der Waals surface area contributed by atoms with Gasteiger partial charge in [-0.25, -0.2) is 0 Å². The monoisotopic (exact) mass is 496 g/mol. The van der Waals surface area contributed by atoms with Gasteiger partial charge in [0.15, 0.2) is 0 Å². The number of nitrogens with one attached hydrogen (secondary N) is 1. The van der Waals surface area contributed by atoms with Gasteiger partial charge in [0.05, 0.1) is 46.8 Å². The van der Waals surface area contributed by atoms with Crippen molar-refractivity contribution >= 4 is 16.5 Å². The summed E-state index contributed by atoms with van der Waals surface area (Å²) in [5.74, 6) is -1.47. The Morgan fingerprint density at radius 1 is 1.15 bits per heavy atom. The Labute approximate surface area is 192 Å². The van der Waals surface area contributed by atoms with Crippen molar-refractivity contribution in [3.63, 3.8) is 0 Å². The predicted molar refractivity (Wildman–Crippen MR) is 118 cm³/mol. The van der Waals surface area contributed by atoms with E-state index in [-0.39, 0.29) is 28.5 Å². The summed E-state index contributed by atoms with van der Waals surface area (Å²) in [7, 11) is -3.06. The summed E-state index contributed by atoms with van der Waals surface area (Å²) in [6.07, 6.45) is -2.97. The molecule has 0 spiro atoms. The number of hydrogen-bond donors (Lipinski definition) is 4. The molecule has 0 radical (unpaired) electrons. The van der Waals surface area contributed by atoms with Gasteiger partial charge in [-0.15, -0.1) is 0 Å². The molecule has 2 aromatic heterocycles. The molecule has 0 aliphatic carbocycles. The SMILES string of the molecule is O=C(N[C@@H]1CS(O)(O)C[C@@H]1O)c1cc(-c2ccc(C(F)(F)F)cc2)nn(-c2cccnc2)c1=O. The van der Waals surface area contributed by atoms with Crippen LogP contribution in [0, 0.1) is 0 Å². The van der Waals surface area contributed by atoms with Crippen molar-refractivity contribution in [1.29, 1.82) is 0 Å². The van der Waals surface area contributed by atoms with Crippen LogP contribution in [0.2, 0.25) is 0 Å². The highest BCUT2D eigenvalue weighted by molar-refractivity contribution is 8.24. The largest absolute Gasteiger partial charge is 0.416 e. The van der Waals surface area contributed by atoms with Gasteiger partial charge in [0.2, 0.25) is 0 Å². The van der Waals surface area contributed by atoms with E-state index >= 15 is 0 Å². The summed E-state index contributed by atoms with van der Waals surface area (Å²) >= 11 is 0. The number of pyridine rings is 1. The molecule has 1 aromatic carbocycles. The first kappa shape index (κ1) is 23.9. The fourth-order valence-corrected chi connectivity index (χ4v) is 5.32. The van der Waals surface area contributed by atoms with Crippen LogP contribution in [0.15, 0.2) is 59.7 Å². The molecule has 180 valence electrons. The predicted octanol–water partition coefficient (Wildman–Crippen LogP) is 2.54. The van der Waals surface area contributed by atoms with E-state index in [0.717, 1.165) is 22.9 Å². The topological polar surface area (TPSA) is 138 Å². The van der Waals surface area contributed by atoms with Crippen molar-refractivity contribution in [2.75, 3.05) is 11.5 Å². The van der Waals surface area contributed by atoms with Gasteiger partial charge in [0.25, 0.3) is 11.5 Å². The Hall–Kier alpha value is -3.26. The number of carbonyl (C=O) groups excluding carboxylic acids is 1. The van der Waals surface area contributed by atoms with Crippen molar-refractivity contribution in [1.82, 2.24) is 20.1 Å². The number of halogens is 3. The maximum Gasteiger partial charge on any atom is 0.416 e. The molecule has 1 amide bonds. The molecule has 0 unspecified atom stereocenters. The van der Waals surface area contributed by atoms with Crippen molar-refractivity contribution in [2.24, 2.45) is 0 Å². The number of hydrogen-bond acceptors (Lipinski definition) is 7. The van der Waals surface area contributed by atoms with Crippen molar-refractivity contribution in [3.05, 3.63) is 76.3 Å². The smallest absolute Gasteiger partial charge is 0.389 e. The maximum atomic E-state index is 13.1. The first-order chi connectivity index (χ1) is 15.9. The van der Waals surface area contributed by atoms with E-state index in [1.165, 1.54) is 36.7 Å². The number of carbonyl (C=O) groups is 1. The van der Waals surface area contributed by atoms with Crippen LogP contribution in [0.25, 0.3) is 16.9 Å². The Balaban J connectivity index is 1.77. The summed E-state index contributed by atoms with van der Waals surface area (Å²) in [5, 5.41) is 16.7. The molecule has 3 heterocycles. The van der Waals surface area contributed by atoms with E-state index in [4.69, 9.17) is 0 Å². The average molecular weight is 496 g/mol. The molecule has 4 rings (SSSR count). The Kier molecular flexibility index (Phi) is 6.20. The zero-order valence-electron chi connectivity index (χ0n) is 17.3. The zero-order valence-corrected chi connectivity index (χ0v) is 18.1. The molecular weight excluding hydrogens is 477 g/mol. The zero-order chi connectivity index (χ0) is 24.7. The lowest BCUT2D eigenvalue weighted by atomic mass is 10.1. The number of aromatic nitrogens is 3. The van der Waals surface area contributed by atoms with Crippen molar-refractivity contribution in [3.8, 4) is 16.9 Å². The minimum absolute atomic E-state index is 0.0404. The van der Waals surface area contributed by atoms with Gasteiger partial charge in [0, 0.05) is 11.8 Å². The molecule has 4 N–H and O–H groups in total. The molecule has 2 atom stereocenters. The third kappa shape index (κ3) is 4.97. The minimum Gasteiger partial charge on any atom is -0.389 e. The van der Waals surface area contributed by atoms with Gasteiger partial charge in [-0.2, -0.15) is 33.5 Å². The quantitative estimate of drug-likeness (QED) is 0.436. The van der Waals surface area contributed by atoms with Crippen LogP contribution >= 0.6 is 10.6 Å². The molecule has 1 aliphatic heterocycles. The molecular formula is C21H19F3N4O5S. The number of nitrogens with zero attached hydrogens (tertiary/aromatic N) is 3. The molecule has 34 heavy (non-hydrogen) atoms. The molecule has 9 nitrogen and oxygen atoms in total. The molecule has 1 saturated heterocycles. The maximum absolute atomic E-state index is 13.1. The number of benzene rings is 1. The lowest BCUT2D eigenvalue weighted by molar-refractivity contribution is -0.137. The van der Waals surface area contributed by atoms with Crippen LogP contribution in [0.4, 0.5) is 13.2 Å². The number of aliphatic hydroxyl groups is 1. The van der Waals surface area contributed by atoms with Crippen LogP contribution in [-0.4, -0.2) is 58.5 Å². The summed E-state index contributed by atoms with van der Waals surface area (Å²) in [5.41, 5.74) is -1.63. The highest BCUT2D eigenvalue weighted by Gasteiger charge is 2.38. The van der Waals surface area contributed by atoms with E-state index < -0.39 is 51.5 Å². The molecule has 1 fully saturated rings. The highest BCUT2D eigenvalue weighted by Crippen LogP contribution is 2.45. The number of alkyl halides is 3. The molecule has 0 bridgehead atoms. The summed E-state index contributed by atoms with van der Waals surface area (Å²) in [6.45, 7) is 0. The van der Waals surface area contributed by atoms with E-state index in [1.807, 2.05) is 0 Å². The first-order valence-corrected chi connectivity index (χ1v) is 11.8. The van der Waals surface area contributed by atoms with Crippen LogP contribution in [-0.2, 0) is 6.18 Å². The second-order valence-corrected chi connectivity index (χ2v) is 10.0.